The lowest BCUT2D eigenvalue weighted by Crippen LogP contribution is -1.97. The molecule has 0 N–H and O–H groups in total. The Labute approximate surface area is 130 Å². The topological polar surface area (TPSA) is 9.23 Å². The van der Waals surface area contributed by atoms with Gasteiger partial charge in [-0.3, -0.25) is 0 Å². The third-order valence-corrected chi connectivity index (χ3v) is 3.95. The minimum atomic E-state index is 0.683. The second-order valence-corrected chi connectivity index (χ2v) is 6.22. The second kappa shape index (κ2) is 10.6. The predicted octanol–water partition coefficient (Wildman–Crippen LogP) is 6.62. The van der Waals surface area contributed by atoms with Gasteiger partial charge >= 0.3 is 0 Å². The molecule has 108 valence electrons. The first-order chi connectivity index (χ1) is 9.24. The fourth-order valence-electron chi connectivity index (χ4n) is 2.01. The minimum Gasteiger partial charge on any atom is -0.492 e. The van der Waals surface area contributed by atoms with Crippen molar-refractivity contribution in [3.63, 3.8) is 0 Å². The van der Waals surface area contributed by atoms with Gasteiger partial charge in [-0.1, -0.05) is 79.4 Å². The molecule has 0 fully saturated rings. The quantitative estimate of drug-likeness (QED) is 0.432. The number of hydrogen-bond acceptors (Lipinski definition) is 1. The Morgan fingerprint density at radius 3 is 2.32 bits per heavy atom. The maximum atomic E-state index is 6.06. The van der Waals surface area contributed by atoms with Crippen LogP contribution in [0.5, 0.6) is 5.75 Å². The maximum absolute atomic E-state index is 6.06. The summed E-state index contributed by atoms with van der Waals surface area (Å²) in [5.41, 5.74) is 0. The molecule has 0 amide bonds. The molecule has 0 aromatic heterocycles. The van der Waals surface area contributed by atoms with Crippen LogP contribution in [-0.4, -0.2) is 6.61 Å². The molecule has 0 unspecified atom stereocenters. The Hall–Kier alpha value is -0.210. The van der Waals surface area contributed by atoms with Gasteiger partial charge in [0.2, 0.25) is 0 Å². The van der Waals surface area contributed by atoms with Crippen molar-refractivity contribution in [2.24, 2.45) is 0 Å². The summed E-state index contributed by atoms with van der Waals surface area (Å²) in [6, 6.07) is 5.70. The van der Waals surface area contributed by atoms with Crippen LogP contribution in [0.15, 0.2) is 22.7 Å². The van der Waals surface area contributed by atoms with Gasteiger partial charge in [-0.15, -0.1) is 0 Å². The molecule has 19 heavy (non-hydrogen) atoms. The van der Waals surface area contributed by atoms with Gasteiger partial charge in [-0.2, -0.15) is 0 Å². The lowest BCUT2D eigenvalue weighted by atomic mass is 10.1. The van der Waals surface area contributed by atoms with E-state index in [0.29, 0.717) is 5.02 Å². The normalized spacial score (nSPS) is 10.7. The summed E-state index contributed by atoms with van der Waals surface area (Å²) in [5.74, 6) is 0.777. The number of ether oxygens (including phenoxy) is 1. The third-order valence-electron chi connectivity index (χ3n) is 3.15. The van der Waals surface area contributed by atoms with Gasteiger partial charge in [0.15, 0.2) is 0 Å². The summed E-state index contributed by atoms with van der Waals surface area (Å²) in [6.07, 6.45) is 10.5. The zero-order valence-electron chi connectivity index (χ0n) is 11.8. The van der Waals surface area contributed by atoms with Gasteiger partial charge in [0.1, 0.15) is 5.75 Å². The zero-order valence-corrected chi connectivity index (χ0v) is 14.1. The Kier molecular flexibility index (Phi) is 9.36. The molecule has 0 aliphatic carbocycles. The number of unbranched alkanes of at least 4 members (excludes halogenated alkanes) is 7. The summed E-state index contributed by atoms with van der Waals surface area (Å²) in [6.45, 7) is 3.01. The number of benzene rings is 1. The van der Waals surface area contributed by atoms with E-state index in [9.17, 15) is 0 Å². The van der Waals surface area contributed by atoms with Crippen molar-refractivity contribution >= 4 is 27.5 Å². The van der Waals surface area contributed by atoms with Crippen LogP contribution in [0.1, 0.15) is 58.3 Å². The monoisotopic (exact) mass is 346 g/mol. The van der Waals surface area contributed by atoms with Gasteiger partial charge in [-0.05, 0) is 24.6 Å². The molecule has 1 rings (SSSR count). The minimum absolute atomic E-state index is 0.683. The van der Waals surface area contributed by atoms with E-state index in [1.54, 1.807) is 0 Å². The summed E-state index contributed by atoms with van der Waals surface area (Å²) >= 11 is 9.48. The molecule has 0 bridgehead atoms. The summed E-state index contributed by atoms with van der Waals surface area (Å²) < 4.78 is 6.70. The highest BCUT2D eigenvalue weighted by molar-refractivity contribution is 9.10. The van der Waals surface area contributed by atoms with Crippen molar-refractivity contribution < 1.29 is 4.74 Å². The van der Waals surface area contributed by atoms with Gasteiger partial charge in [-0.25, -0.2) is 0 Å². The number of halogens is 2. The van der Waals surface area contributed by atoms with Crippen LogP contribution >= 0.6 is 27.5 Å². The fraction of sp³-hybridized carbons (Fsp3) is 0.625. The van der Waals surface area contributed by atoms with Crippen molar-refractivity contribution in [3.8, 4) is 5.75 Å². The van der Waals surface area contributed by atoms with Crippen LogP contribution in [-0.2, 0) is 0 Å². The molecule has 0 radical (unpaired) electrons. The molecule has 0 saturated heterocycles. The Bertz CT molecular complexity index is 355. The number of hydrogen-bond donors (Lipinski definition) is 0. The van der Waals surface area contributed by atoms with Crippen molar-refractivity contribution in [2.45, 2.75) is 58.3 Å². The van der Waals surface area contributed by atoms with E-state index in [2.05, 4.69) is 22.9 Å². The van der Waals surface area contributed by atoms with E-state index in [-0.39, 0.29) is 0 Å². The van der Waals surface area contributed by atoms with Gasteiger partial charge in [0.05, 0.1) is 11.6 Å². The molecule has 0 aliphatic rings. The molecule has 1 aromatic rings. The molecule has 0 spiro atoms. The molecule has 1 aromatic carbocycles. The van der Waals surface area contributed by atoms with Crippen LogP contribution in [0, 0.1) is 0 Å². The molecule has 0 atom stereocenters. The van der Waals surface area contributed by atoms with Crippen LogP contribution < -0.4 is 4.74 Å². The van der Waals surface area contributed by atoms with E-state index in [4.69, 9.17) is 16.3 Å². The lowest BCUT2D eigenvalue weighted by molar-refractivity contribution is 0.304. The standard InChI is InChI=1S/C16H24BrClO/c1-2-3-4-5-6-7-8-9-12-19-16-13-14(17)10-11-15(16)18/h10-11,13H,2-9,12H2,1H3. The van der Waals surface area contributed by atoms with E-state index in [1.807, 2.05) is 18.2 Å². The van der Waals surface area contributed by atoms with E-state index >= 15 is 0 Å². The SMILES string of the molecule is CCCCCCCCCCOc1cc(Br)ccc1Cl. The van der Waals surface area contributed by atoms with Crippen molar-refractivity contribution in [1.82, 2.24) is 0 Å². The second-order valence-electron chi connectivity index (χ2n) is 4.90. The smallest absolute Gasteiger partial charge is 0.139 e. The number of rotatable bonds is 10. The Morgan fingerprint density at radius 2 is 1.63 bits per heavy atom. The van der Waals surface area contributed by atoms with Crippen LogP contribution in [0.2, 0.25) is 5.02 Å². The van der Waals surface area contributed by atoms with Crippen LogP contribution in [0.25, 0.3) is 0 Å². The predicted molar refractivity (Wildman–Crippen MR) is 87.3 cm³/mol. The maximum Gasteiger partial charge on any atom is 0.139 e. The molecule has 0 aliphatic heterocycles. The summed E-state index contributed by atoms with van der Waals surface area (Å²) in [4.78, 5) is 0. The first kappa shape index (κ1) is 16.8. The lowest BCUT2D eigenvalue weighted by Gasteiger charge is -2.08. The average Bonchev–Trinajstić information content (AvgIpc) is 2.40. The molecular formula is C16H24BrClO. The Morgan fingerprint density at radius 1 is 1.00 bits per heavy atom. The molecule has 0 heterocycles. The molecule has 1 nitrogen and oxygen atoms in total. The van der Waals surface area contributed by atoms with E-state index < -0.39 is 0 Å². The highest BCUT2D eigenvalue weighted by Crippen LogP contribution is 2.28. The van der Waals surface area contributed by atoms with Gasteiger partial charge in [0.25, 0.3) is 0 Å². The average molecular weight is 348 g/mol. The first-order valence-electron chi connectivity index (χ1n) is 7.32. The zero-order chi connectivity index (χ0) is 13.9. The van der Waals surface area contributed by atoms with Crippen LogP contribution in [0.4, 0.5) is 0 Å². The fourth-order valence-corrected chi connectivity index (χ4v) is 2.52. The van der Waals surface area contributed by atoms with E-state index in [0.717, 1.165) is 23.2 Å². The van der Waals surface area contributed by atoms with Gasteiger partial charge in [0, 0.05) is 4.47 Å². The van der Waals surface area contributed by atoms with Crippen molar-refractivity contribution in [3.05, 3.63) is 27.7 Å². The van der Waals surface area contributed by atoms with Crippen molar-refractivity contribution in [2.75, 3.05) is 6.61 Å². The van der Waals surface area contributed by atoms with Gasteiger partial charge < -0.3 is 4.74 Å². The highest BCUT2D eigenvalue weighted by Gasteiger charge is 2.01. The largest absolute Gasteiger partial charge is 0.492 e. The van der Waals surface area contributed by atoms with E-state index in [1.165, 1.54) is 44.9 Å². The third kappa shape index (κ3) is 7.84. The first-order valence-corrected chi connectivity index (χ1v) is 8.49. The molecule has 0 saturated carbocycles. The highest BCUT2D eigenvalue weighted by atomic mass is 79.9. The van der Waals surface area contributed by atoms with Crippen molar-refractivity contribution in [1.29, 1.82) is 0 Å². The summed E-state index contributed by atoms with van der Waals surface area (Å²) in [5, 5.41) is 0.683. The van der Waals surface area contributed by atoms with Crippen LogP contribution in [0.3, 0.4) is 0 Å². The molecule has 3 heteroatoms. The Balaban J connectivity index is 2.03. The molecular weight excluding hydrogens is 324 g/mol. The summed E-state index contributed by atoms with van der Waals surface area (Å²) in [7, 11) is 0.